The second kappa shape index (κ2) is 11.4. The van der Waals surface area contributed by atoms with E-state index in [9.17, 15) is 32.9 Å². The second-order valence-corrected chi connectivity index (χ2v) is 8.39. The lowest BCUT2D eigenvalue weighted by Gasteiger charge is -2.13. The molecule has 0 radical (unpaired) electrons. The minimum Gasteiger partial charge on any atom is -0.472 e. The topological polar surface area (TPSA) is 126 Å². The van der Waals surface area contributed by atoms with E-state index >= 15 is 0 Å². The van der Waals surface area contributed by atoms with Crippen LogP contribution in [0.3, 0.4) is 0 Å². The number of para-hydroxylation sites is 1. The lowest BCUT2D eigenvalue weighted by Crippen LogP contribution is -2.26. The number of aromatic nitrogens is 2. The summed E-state index contributed by atoms with van der Waals surface area (Å²) in [6, 6.07) is 14.3. The van der Waals surface area contributed by atoms with Crippen LogP contribution in [-0.4, -0.2) is 39.5 Å². The molecular weight excluding hydrogens is 533 g/mol. The highest BCUT2D eigenvalue weighted by Gasteiger charge is 2.31. The molecule has 206 valence electrons. The Hall–Kier alpha value is -5.07. The van der Waals surface area contributed by atoms with E-state index in [1.165, 1.54) is 37.3 Å². The Balaban J connectivity index is 1.79. The van der Waals surface area contributed by atoms with Crippen LogP contribution in [0.5, 0.6) is 5.75 Å². The van der Waals surface area contributed by atoms with Crippen molar-refractivity contribution in [2.75, 3.05) is 6.61 Å². The van der Waals surface area contributed by atoms with Crippen molar-refractivity contribution in [3.05, 3.63) is 98.3 Å². The van der Waals surface area contributed by atoms with E-state index in [1.54, 1.807) is 25.1 Å². The van der Waals surface area contributed by atoms with Crippen LogP contribution >= 0.6 is 0 Å². The highest BCUT2D eigenvalue weighted by molar-refractivity contribution is 5.83. The van der Waals surface area contributed by atoms with Gasteiger partial charge in [-0.25, -0.2) is 9.78 Å². The number of benzene rings is 3. The van der Waals surface area contributed by atoms with E-state index < -0.39 is 40.0 Å². The summed E-state index contributed by atoms with van der Waals surface area (Å²) in [5, 5.41) is 16.0. The van der Waals surface area contributed by atoms with Gasteiger partial charge in [-0.15, -0.1) is 0 Å². The molecule has 4 rings (SSSR count). The summed E-state index contributed by atoms with van der Waals surface area (Å²) in [6.07, 6.45) is -4.62. The molecule has 1 heterocycles. The summed E-state index contributed by atoms with van der Waals surface area (Å²) in [7, 11) is 0. The summed E-state index contributed by atoms with van der Waals surface area (Å²) in [6.45, 7) is 3.09. The fraction of sp³-hybridized carbons (Fsp3) is 0.185. The van der Waals surface area contributed by atoms with Crippen molar-refractivity contribution in [2.45, 2.75) is 26.1 Å². The number of ether oxygens (including phenoxy) is 2. The molecular formula is C27H21F3N4O6. The zero-order valence-corrected chi connectivity index (χ0v) is 21.1. The van der Waals surface area contributed by atoms with Gasteiger partial charge in [0.1, 0.15) is 0 Å². The first-order valence-corrected chi connectivity index (χ1v) is 11.8. The molecule has 0 aliphatic heterocycles. The predicted molar refractivity (Wildman–Crippen MR) is 139 cm³/mol. The normalized spacial score (nSPS) is 12.4. The van der Waals surface area contributed by atoms with Gasteiger partial charge < -0.3 is 9.47 Å². The van der Waals surface area contributed by atoms with Crippen LogP contribution in [-0.2, 0) is 15.7 Å². The number of hydrogen-bond donors (Lipinski definition) is 0. The quantitative estimate of drug-likeness (QED) is 0.127. The van der Waals surface area contributed by atoms with Crippen molar-refractivity contribution >= 4 is 28.8 Å². The van der Waals surface area contributed by atoms with E-state index in [-0.39, 0.29) is 40.2 Å². The Morgan fingerprint density at radius 3 is 2.60 bits per heavy atom. The molecule has 0 saturated carbocycles. The Bertz CT molecular complexity index is 1680. The number of hydrogen-bond acceptors (Lipinski definition) is 8. The van der Waals surface area contributed by atoms with E-state index in [4.69, 9.17) is 9.47 Å². The standard InChI is InChI=1S/C27H21F3N4O6/c1-3-39-26(36)16(2)40-23-12-11-17(13-22(23)34(37)38)15-31-33-24(18-7-6-8-19(14-18)27(28,29)30)32-21-10-5-4-9-20(21)25(33)35/h4-16H,3H2,1-2H3/t16-/m0/s1. The average molecular weight is 554 g/mol. The van der Waals surface area contributed by atoms with Crippen LogP contribution in [0.4, 0.5) is 18.9 Å². The van der Waals surface area contributed by atoms with Crippen LogP contribution in [0, 0.1) is 10.1 Å². The molecule has 4 aromatic rings. The van der Waals surface area contributed by atoms with Crippen molar-refractivity contribution in [2.24, 2.45) is 5.10 Å². The number of esters is 1. The summed E-state index contributed by atoms with van der Waals surface area (Å²) in [5.41, 5.74) is -1.69. The Kier molecular flexibility index (Phi) is 7.93. The SMILES string of the molecule is CCOC(=O)[C@H](C)Oc1ccc(C=Nn2c(-c3cccc(C(F)(F)F)c3)nc3ccccc3c2=O)cc1[N+](=O)[O-]. The van der Waals surface area contributed by atoms with Gasteiger partial charge in [-0.3, -0.25) is 14.9 Å². The summed E-state index contributed by atoms with van der Waals surface area (Å²) in [5.74, 6) is -1.06. The maximum atomic E-state index is 13.4. The smallest absolute Gasteiger partial charge is 0.416 e. The van der Waals surface area contributed by atoms with Gasteiger partial charge in [0, 0.05) is 17.2 Å². The molecule has 0 bridgehead atoms. The number of halogens is 3. The third-order valence-electron chi connectivity index (χ3n) is 5.63. The molecule has 0 aliphatic rings. The van der Waals surface area contributed by atoms with Gasteiger partial charge in [0.05, 0.1) is 34.2 Å². The highest BCUT2D eigenvalue weighted by Crippen LogP contribution is 2.32. The minimum atomic E-state index is -4.63. The van der Waals surface area contributed by atoms with Crippen molar-refractivity contribution in [3.63, 3.8) is 0 Å². The van der Waals surface area contributed by atoms with Gasteiger partial charge in [0.15, 0.2) is 17.7 Å². The van der Waals surface area contributed by atoms with Crippen LogP contribution < -0.4 is 10.3 Å². The molecule has 40 heavy (non-hydrogen) atoms. The second-order valence-electron chi connectivity index (χ2n) is 8.39. The predicted octanol–water partition coefficient (Wildman–Crippen LogP) is 5.20. The molecule has 13 heteroatoms. The van der Waals surface area contributed by atoms with Crippen LogP contribution in [0.2, 0.25) is 0 Å². The molecule has 10 nitrogen and oxygen atoms in total. The largest absolute Gasteiger partial charge is 0.472 e. The fourth-order valence-corrected chi connectivity index (χ4v) is 3.73. The first-order valence-electron chi connectivity index (χ1n) is 11.8. The van der Waals surface area contributed by atoms with Gasteiger partial charge in [0.25, 0.3) is 5.56 Å². The third-order valence-corrected chi connectivity index (χ3v) is 5.63. The van der Waals surface area contributed by atoms with E-state index in [0.29, 0.717) is 0 Å². The fourth-order valence-electron chi connectivity index (χ4n) is 3.73. The minimum absolute atomic E-state index is 0.0162. The first-order chi connectivity index (χ1) is 19.0. The number of carbonyl (C=O) groups is 1. The Morgan fingerprint density at radius 2 is 1.90 bits per heavy atom. The number of nitro benzene ring substituents is 1. The monoisotopic (exact) mass is 554 g/mol. The van der Waals surface area contributed by atoms with Crippen LogP contribution in [0.25, 0.3) is 22.3 Å². The molecule has 0 N–H and O–H groups in total. The molecule has 3 aromatic carbocycles. The zero-order valence-electron chi connectivity index (χ0n) is 21.1. The van der Waals surface area contributed by atoms with Gasteiger partial charge in [-0.05, 0) is 50.2 Å². The number of rotatable bonds is 8. The Morgan fingerprint density at radius 1 is 1.15 bits per heavy atom. The summed E-state index contributed by atoms with van der Waals surface area (Å²) < 4.78 is 51.2. The maximum absolute atomic E-state index is 13.4. The highest BCUT2D eigenvalue weighted by atomic mass is 19.4. The van der Waals surface area contributed by atoms with Gasteiger partial charge in [0.2, 0.25) is 0 Å². The molecule has 0 fully saturated rings. The molecule has 0 unspecified atom stereocenters. The maximum Gasteiger partial charge on any atom is 0.416 e. The number of nitro groups is 1. The van der Waals surface area contributed by atoms with Crippen molar-refractivity contribution in [1.29, 1.82) is 0 Å². The van der Waals surface area contributed by atoms with E-state index in [2.05, 4.69) is 10.1 Å². The zero-order chi connectivity index (χ0) is 29.0. The molecule has 1 atom stereocenters. The molecule has 1 aromatic heterocycles. The van der Waals surface area contributed by atoms with E-state index in [0.717, 1.165) is 29.1 Å². The number of nitrogens with zero attached hydrogens (tertiary/aromatic N) is 4. The third kappa shape index (κ3) is 5.98. The summed E-state index contributed by atoms with van der Waals surface area (Å²) >= 11 is 0. The molecule has 0 saturated heterocycles. The lowest BCUT2D eigenvalue weighted by molar-refractivity contribution is -0.386. The van der Waals surface area contributed by atoms with Crippen molar-refractivity contribution < 1.29 is 32.4 Å². The lowest BCUT2D eigenvalue weighted by atomic mass is 10.1. The number of carbonyl (C=O) groups excluding carboxylic acids is 1. The van der Waals surface area contributed by atoms with Crippen LogP contribution in [0.1, 0.15) is 25.0 Å². The molecule has 0 aliphatic carbocycles. The van der Waals surface area contributed by atoms with Crippen LogP contribution in [0.15, 0.2) is 76.6 Å². The Labute approximate surface area is 224 Å². The summed E-state index contributed by atoms with van der Waals surface area (Å²) in [4.78, 5) is 40.5. The van der Waals surface area contributed by atoms with Crippen molar-refractivity contribution in [1.82, 2.24) is 9.66 Å². The van der Waals surface area contributed by atoms with Gasteiger partial charge in [-0.2, -0.15) is 22.9 Å². The van der Waals surface area contributed by atoms with Crippen molar-refractivity contribution in [3.8, 4) is 17.1 Å². The number of fused-ring (bicyclic) bond motifs is 1. The number of alkyl halides is 3. The first kappa shape index (κ1) is 28.0. The van der Waals surface area contributed by atoms with E-state index in [1.807, 2.05) is 0 Å². The van der Waals surface area contributed by atoms with Gasteiger partial charge in [-0.1, -0.05) is 24.3 Å². The van der Waals surface area contributed by atoms with Gasteiger partial charge >= 0.3 is 17.8 Å². The average Bonchev–Trinajstić information content (AvgIpc) is 2.92. The molecule has 0 spiro atoms. The molecule has 0 amide bonds.